The van der Waals surface area contributed by atoms with Gasteiger partial charge >= 0.3 is 0 Å². The van der Waals surface area contributed by atoms with Gasteiger partial charge in [0.1, 0.15) is 29.5 Å². The molecule has 3 heterocycles. The molecule has 10 heteroatoms. The van der Waals surface area contributed by atoms with Gasteiger partial charge in [0, 0.05) is 29.5 Å². The van der Waals surface area contributed by atoms with Gasteiger partial charge in [0.2, 0.25) is 0 Å². The maximum absolute atomic E-state index is 14.7. The van der Waals surface area contributed by atoms with Crippen molar-refractivity contribution in [3.63, 3.8) is 0 Å². The number of nitrogens with one attached hydrogen (secondary N) is 1. The van der Waals surface area contributed by atoms with Crippen LogP contribution >= 0.6 is 0 Å². The molecule has 0 saturated carbocycles. The molecule has 5 N–H and O–H groups in total. The number of aryl methyl sites for hydroxylation is 1. The lowest BCUT2D eigenvalue weighted by atomic mass is 10.0. The van der Waals surface area contributed by atoms with Crippen LogP contribution < -0.4 is 11.1 Å². The normalized spacial score (nSPS) is 19.0. The Morgan fingerprint density at radius 3 is 2.78 bits per heavy atom. The zero-order valence-corrected chi connectivity index (χ0v) is 19.1. The number of nitrogens with zero attached hydrogens (tertiary/aromatic N) is 2. The van der Waals surface area contributed by atoms with Crippen molar-refractivity contribution in [1.82, 2.24) is 9.97 Å². The van der Waals surface area contributed by atoms with E-state index in [1.54, 1.807) is 13.0 Å². The fourth-order valence-corrected chi connectivity index (χ4v) is 3.79. The molecule has 3 atom stereocenters. The summed E-state index contributed by atoms with van der Waals surface area (Å²) in [6.45, 7) is 5.04. The summed E-state index contributed by atoms with van der Waals surface area (Å²) < 4.78 is 34.9. The molecule has 4 rings (SSSR count). The number of hydrogen-bond acceptors (Lipinski definition) is 7. The standard InChI is InChI=1S/C26H22F2N4O4/c1-3-5-20-25(34)19(33)11-21(36-20)14-8-9-30-12-18(14)31-26(35)24-17(29)10-16(28)23(32-24)22-13(2)6-4-7-15(22)27/h4-12,19-20,25,33-34H,1,29H2,2H3,(H,31,35)/t19-,20-,25+/m1/s1. The van der Waals surface area contributed by atoms with E-state index in [2.05, 4.69) is 27.6 Å². The van der Waals surface area contributed by atoms with Gasteiger partial charge in [-0.15, -0.1) is 5.73 Å². The predicted octanol–water partition coefficient (Wildman–Crippen LogP) is 3.37. The zero-order chi connectivity index (χ0) is 26.0. The Morgan fingerprint density at radius 1 is 1.28 bits per heavy atom. The predicted molar refractivity (Wildman–Crippen MR) is 130 cm³/mol. The van der Waals surface area contributed by atoms with Gasteiger partial charge in [-0.1, -0.05) is 18.7 Å². The van der Waals surface area contributed by atoms with Crippen LogP contribution in [0.15, 0.2) is 67.2 Å². The first-order chi connectivity index (χ1) is 17.2. The van der Waals surface area contributed by atoms with E-state index in [1.807, 2.05) is 0 Å². The molecule has 1 aliphatic heterocycles. The van der Waals surface area contributed by atoms with Crippen molar-refractivity contribution in [3.05, 3.63) is 95.6 Å². The van der Waals surface area contributed by atoms with Gasteiger partial charge in [0.05, 0.1) is 17.6 Å². The number of anilines is 2. The third-order valence-electron chi connectivity index (χ3n) is 5.57. The van der Waals surface area contributed by atoms with E-state index >= 15 is 0 Å². The van der Waals surface area contributed by atoms with Crippen molar-refractivity contribution >= 4 is 23.0 Å². The highest BCUT2D eigenvalue weighted by atomic mass is 19.1. The summed E-state index contributed by atoms with van der Waals surface area (Å²) in [7, 11) is 0. The number of nitrogens with two attached hydrogens (primary N) is 1. The average Bonchev–Trinajstić information content (AvgIpc) is 2.83. The summed E-state index contributed by atoms with van der Waals surface area (Å²) in [5.41, 5.74) is 8.28. The molecular formula is C26H22F2N4O4. The third-order valence-corrected chi connectivity index (χ3v) is 5.57. The van der Waals surface area contributed by atoms with E-state index in [-0.39, 0.29) is 34.1 Å². The van der Waals surface area contributed by atoms with Crippen LogP contribution in [-0.4, -0.2) is 44.4 Å². The van der Waals surface area contributed by atoms with Crippen molar-refractivity contribution < 1.29 is 28.5 Å². The molecule has 3 aromatic rings. The molecule has 184 valence electrons. The number of benzene rings is 1. The SMILES string of the molecule is C=C=C[C@H]1OC(c2ccncc2NC(=O)c2nc(-c3c(C)cccc3F)c(F)cc2N)=C[C@@H](O)[C@@H]1O. The molecule has 0 spiro atoms. The van der Waals surface area contributed by atoms with Gasteiger partial charge < -0.3 is 26.0 Å². The van der Waals surface area contributed by atoms with Crippen LogP contribution in [0.5, 0.6) is 0 Å². The third kappa shape index (κ3) is 4.73. The van der Waals surface area contributed by atoms with Crippen molar-refractivity contribution in [3.8, 4) is 11.3 Å². The lowest BCUT2D eigenvalue weighted by Gasteiger charge is -2.30. The molecule has 0 aliphatic carbocycles. The average molecular weight is 492 g/mol. The number of nitrogen functional groups attached to an aromatic ring is 1. The number of ether oxygens (including phenoxy) is 1. The molecule has 1 aliphatic rings. The monoisotopic (exact) mass is 492 g/mol. The fourth-order valence-electron chi connectivity index (χ4n) is 3.79. The summed E-state index contributed by atoms with van der Waals surface area (Å²) >= 11 is 0. The van der Waals surface area contributed by atoms with Gasteiger partial charge in [-0.2, -0.15) is 0 Å². The number of rotatable bonds is 5. The van der Waals surface area contributed by atoms with E-state index < -0.39 is 35.9 Å². The molecule has 36 heavy (non-hydrogen) atoms. The first kappa shape index (κ1) is 24.7. The molecule has 0 bridgehead atoms. The molecule has 1 amide bonds. The highest BCUT2D eigenvalue weighted by molar-refractivity contribution is 6.07. The summed E-state index contributed by atoms with van der Waals surface area (Å²) in [5.74, 6) is -2.23. The maximum Gasteiger partial charge on any atom is 0.276 e. The minimum atomic E-state index is -1.26. The van der Waals surface area contributed by atoms with E-state index in [0.29, 0.717) is 11.1 Å². The van der Waals surface area contributed by atoms with Crippen LogP contribution in [0.25, 0.3) is 17.0 Å². The smallest absolute Gasteiger partial charge is 0.276 e. The number of pyridine rings is 2. The molecule has 0 fully saturated rings. The van der Waals surface area contributed by atoms with Gasteiger partial charge in [-0.25, -0.2) is 13.8 Å². The van der Waals surface area contributed by atoms with Crippen molar-refractivity contribution in [2.24, 2.45) is 0 Å². The largest absolute Gasteiger partial charge is 0.482 e. The quantitative estimate of drug-likeness (QED) is 0.402. The second-order valence-electron chi connectivity index (χ2n) is 8.03. The highest BCUT2D eigenvalue weighted by Gasteiger charge is 2.32. The van der Waals surface area contributed by atoms with E-state index in [9.17, 15) is 23.8 Å². The number of halogens is 2. The molecule has 0 saturated heterocycles. The van der Waals surface area contributed by atoms with Crippen molar-refractivity contribution in [2.45, 2.75) is 25.2 Å². The van der Waals surface area contributed by atoms with Crippen LogP contribution in [-0.2, 0) is 4.74 Å². The lowest BCUT2D eigenvalue weighted by molar-refractivity contribution is -0.0339. The Morgan fingerprint density at radius 2 is 2.06 bits per heavy atom. The Bertz CT molecular complexity index is 1400. The van der Waals surface area contributed by atoms with E-state index in [1.165, 1.54) is 42.7 Å². The second-order valence-corrected chi connectivity index (χ2v) is 8.03. The van der Waals surface area contributed by atoms with Gasteiger partial charge in [-0.3, -0.25) is 9.78 Å². The van der Waals surface area contributed by atoms with Crippen LogP contribution in [0.1, 0.15) is 21.6 Å². The van der Waals surface area contributed by atoms with Crippen LogP contribution in [0.2, 0.25) is 0 Å². The van der Waals surface area contributed by atoms with Crippen LogP contribution in [0.3, 0.4) is 0 Å². The number of amides is 1. The Balaban J connectivity index is 1.71. The topological polar surface area (TPSA) is 131 Å². The fraction of sp³-hybridized carbons (Fsp3) is 0.154. The Kier molecular flexibility index (Phi) is 6.93. The highest BCUT2D eigenvalue weighted by Crippen LogP contribution is 2.32. The van der Waals surface area contributed by atoms with Crippen LogP contribution in [0.4, 0.5) is 20.2 Å². The molecule has 0 unspecified atom stereocenters. The minimum Gasteiger partial charge on any atom is -0.482 e. The molecule has 1 aromatic carbocycles. The number of carbonyl (C=O) groups is 1. The van der Waals surface area contributed by atoms with Crippen molar-refractivity contribution in [2.75, 3.05) is 11.1 Å². The first-order valence-corrected chi connectivity index (χ1v) is 10.8. The van der Waals surface area contributed by atoms with Crippen LogP contribution in [0, 0.1) is 18.6 Å². The Labute approximate surface area is 205 Å². The van der Waals surface area contributed by atoms with Crippen molar-refractivity contribution in [1.29, 1.82) is 0 Å². The summed E-state index contributed by atoms with van der Waals surface area (Å²) in [6.07, 6.45) is 1.97. The van der Waals surface area contributed by atoms with E-state index in [4.69, 9.17) is 10.5 Å². The van der Waals surface area contributed by atoms with Gasteiger partial charge in [-0.05, 0) is 30.7 Å². The number of carbonyl (C=O) groups excluding carboxylic acids is 1. The summed E-state index contributed by atoms with van der Waals surface area (Å²) in [6, 6.07) is 6.67. The van der Waals surface area contributed by atoms with E-state index in [0.717, 1.165) is 6.07 Å². The Hall–Kier alpha value is -4.37. The van der Waals surface area contributed by atoms with Gasteiger partial charge in [0.25, 0.3) is 5.91 Å². The summed E-state index contributed by atoms with van der Waals surface area (Å²) in [5, 5.41) is 23.0. The minimum absolute atomic E-state index is 0.0826. The van der Waals surface area contributed by atoms with Gasteiger partial charge in [0.15, 0.2) is 17.6 Å². The molecule has 8 nitrogen and oxygen atoms in total. The lowest BCUT2D eigenvalue weighted by Crippen LogP contribution is -2.40. The number of aliphatic hydroxyl groups excluding tert-OH is 2. The zero-order valence-electron chi connectivity index (χ0n) is 19.1. The summed E-state index contributed by atoms with van der Waals surface area (Å²) in [4.78, 5) is 21.2. The first-order valence-electron chi connectivity index (χ1n) is 10.8. The molecule has 2 aromatic heterocycles. The second kappa shape index (κ2) is 10.1. The number of aliphatic hydroxyl groups is 2. The number of aromatic nitrogens is 2. The number of hydrogen-bond donors (Lipinski definition) is 4. The maximum atomic E-state index is 14.7. The molecular weight excluding hydrogens is 470 g/mol. The molecule has 0 radical (unpaired) electrons.